The Hall–Kier alpha value is -2.66. The Morgan fingerprint density at radius 3 is 2.84 bits per heavy atom. The van der Waals surface area contributed by atoms with Gasteiger partial charge in [-0.3, -0.25) is 4.79 Å². The number of fused-ring (bicyclic) bond motifs is 1. The van der Waals surface area contributed by atoms with E-state index in [0.717, 1.165) is 21.5 Å². The summed E-state index contributed by atoms with van der Waals surface area (Å²) in [6, 6.07) is 13.4. The van der Waals surface area contributed by atoms with Gasteiger partial charge in [0.1, 0.15) is 11.3 Å². The molecule has 1 aromatic heterocycles. The van der Waals surface area contributed by atoms with Crippen LogP contribution in [-0.2, 0) is 6.54 Å². The van der Waals surface area contributed by atoms with Gasteiger partial charge < -0.3 is 9.30 Å². The molecule has 0 aliphatic carbocycles. The molecule has 5 heteroatoms. The van der Waals surface area contributed by atoms with E-state index in [2.05, 4.69) is 11.6 Å². The molecular weight excluding hydrogens is 332 g/mol. The average molecular weight is 352 g/mol. The average Bonchev–Trinajstić information content (AvgIpc) is 2.94. The Morgan fingerprint density at radius 2 is 2.12 bits per heavy atom. The lowest BCUT2D eigenvalue weighted by atomic mass is 10.1. The Balaban J connectivity index is 2.18. The number of aryl methyl sites for hydroxylation is 1. The maximum absolute atomic E-state index is 12.6. The first-order chi connectivity index (χ1) is 12.1. The molecule has 25 heavy (non-hydrogen) atoms. The van der Waals surface area contributed by atoms with Crippen LogP contribution in [0.15, 0.2) is 60.1 Å². The molecule has 0 saturated heterocycles. The van der Waals surface area contributed by atoms with Crippen molar-refractivity contribution in [1.29, 1.82) is 0 Å². The van der Waals surface area contributed by atoms with Crippen molar-refractivity contribution < 1.29 is 9.53 Å². The molecule has 1 heterocycles. The van der Waals surface area contributed by atoms with E-state index in [1.807, 2.05) is 54.8 Å². The largest absolute Gasteiger partial charge is 0.492 e. The van der Waals surface area contributed by atoms with E-state index in [4.69, 9.17) is 4.74 Å². The summed E-state index contributed by atoms with van der Waals surface area (Å²) in [5, 5.41) is 0. The molecular formula is C20H20N2O2S. The molecule has 4 nitrogen and oxygen atoms in total. The van der Waals surface area contributed by atoms with Gasteiger partial charge in [-0.1, -0.05) is 41.2 Å². The first-order valence-electron chi connectivity index (χ1n) is 8.15. The van der Waals surface area contributed by atoms with Gasteiger partial charge in [0.05, 0.1) is 11.3 Å². The summed E-state index contributed by atoms with van der Waals surface area (Å²) in [7, 11) is 0. The Morgan fingerprint density at radius 1 is 1.32 bits per heavy atom. The molecule has 0 aliphatic heterocycles. The summed E-state index contributed by atoms with van der Waals surface area (Å²) in [6.07, 6.45) is 1.80. The normalized spacial score (nSPS) is 11.7. The number of hydrogen-bond donors (Lipinski definition) is 0. The Labute approximate surface area is 150 Å². The quantitative estimate of drug-likeness (QED) is 0.641. The zero-order valence-electron chi connectivity index (χ0n) is 14.4. The number of benzene rings is 2. The van der Waals surface area contributed by atoms with Crippen LogP contribution < -0.4 is 9.54 Å². The highest BCUT2D eigenvalue weighted by Crippen LogP contribution is 2.27. The van der Waals surface area contributed by atoms with E-state index in [9.17, 15) is 4.79 Å². The zero-order chi connectivity index (χ0) is 17.8. The van der Waals surface area contributed by atoms with Crippen molar-refractivity contribution >= 4 is 27.5 Å². The van der Waals surface area contributed by atoms with E-state index in [1.165, 1.54) is 11.3 Å². The standard InChI is InChI=1S/C20H20N2O2S/c1-4-12-22-18-16(24-5-2)10-7-11-17(18)25-20(22)21-19(23)15-9-6-8-14(3)13-15/h4,6-11,13H,1,5,12H2,2-3H3. The first kappa shape index (κ1) is 17.2. The van der Waals surface area contributed by atoms with Crippen LogP contribution in [-0.4, -0.2) is 17.1 Å². The molecule has 2 aromatic carbocycles. The summed E-state index contributed by atoms with van der Waals surface area (Å²) < 4.78 is 8.76. The van der Waals surface area contributed by atoms with Crippen molar-refractivity contribution in [3.8, 4) is 5.75 Å². The number of nitrogens with zero attached hydrogens (tertiary/aromatic N) is 2. The van der Waals surface area contributed by atoms with Crippen LogP contribution in [0.2, 0.25) is 0 Å². The van der Waals surface area contributed by atoms with Crippen LogP contribution in [0.1, 0.15) is 22.8 Å². The van der Waals surface area contributed by atoms with E-state index in [-0.39, 0.29) is 5.91 Å². The van der Waals surface area contributed by atoms with Crippen LogP contribution in [0, 0.1) is 6.92 Å². The number of aromatic nitrogens is 1. The van der Waals surface area contributed by atoms with Crippen LogP contribution in [0.5, 0.6) is 5.75 Å². The predicted octanol–water partition coefficient (Wildman–Crippen LogP) is 4.34. The lowest BCUT2D eigenvalue weighted by Crippen LogP contribution is -2.16. The molecule has 0 aliphatic rings. The lowest BCUT2D eigenvalue weighted by Gasteiger charge is -2.07. The van der Waals surface area contributed by atoms with Crippen LogP contribution in [0.4, 0.5) is 0 Å². The summed E-state index contributed by atoms with van der Waals surface area (Å²) in [5.74, 6) is 0.550. The number of carbonyl (C=O) groups excluding carboxylic acids is 1. The van der Waals surface area contributed by atoms with Gasteiger partial charge in [-0.05, 0) is 38.1 Å². The van der Waals surface area contributed by atoms with Gasteiger partial charge in [0, 0.05) is 12.1 Å². The SMILES string of the molecule is C=CCn1c(=NC(=O)c2cccc(C)c2)sc2cccc(OCC)c21. The number of para-hydroxylation sites is 1. The minimum absolute atomic E-state index is 0.244. The third-order valence-electron chi connectivity index (χ3n) is 3.74. The third-order valence-corrected chi connectivity index (χ3v) is 4.78. The first-order valence-corrected chi connectivity index (χ1v) is 8.97. The molecule has 0 saturated carbocycles. The molecule has 0 atom stereocenters. The molecule has 0 N–H and O–H groups in total. The maximum Gasteiger partial charge on any atom is 0.279 e. The molecule has 128 valence electrons. The number of carbonyl (C=O) groups is 1. The highest BCUT2D eigenvalue weighted by molar-refractivity contribution is 7.16. The lowest BCUT2D eigenvalue weighted by molar-refractivity contribution is 0.0998. The highest BCUT2D eigenvalue weighted by atomic mass is 32.1. The van der Waals surface area contributed by atoms with E-state index >= 15 is 0 Å². The van der Waals surface area contributed by atoms with Gasteiger partial charge in [-0.2, -0.15) is 4.99 Å². The van der Waals surface area contributed by atoms with Crippen LogP contribution in [0.3, 0.4) is 0 Å². The van der Waals surface area contributed by atoms with Crippen molar-refractivity contribution in [3.05, 3.63) is 71.0 Å². The Bertz CT molecular complexity index is 998. The van der Waals surface area contributed by atoms with Crippen molar-refractivity contribution in [2.24, 2.45) is 4.99 Å². The maximum atomic E-state index is 12.6. The Kier molecular flexibility index (Phi) is 5.14. The molecule has 3 rings (SSSR count). The van der Waals surface area contributed by atoms with Crippen LogP contribution in [0.25, 0.3) is 10.2 Å². The highest BCUT2D eigenvalue weighted by Gasteiger charge is 2.12. The molecule has 3 aromatic rings. The second kappa shape index (κ2) is 7.49. The van der Waals surface area contributed by atoms with Gasteiger partial charge in [-0.25, -0.2) is 0 Å². The fourth-order valence-corrected chi connectivity index (χ4v) is 3.74. The number of allylic oxidation sites excluding steroid dienone is 1. The number of hydrogen-bond acceptors (Lipinski definition) is 3. The van der Waals surface area contributed by atoms with Crippen molar-refractivity contribution in [1.82, 2.24) is 4.57 Å². The number of amides is 1. The molecule has 0 bridgehead atoms. The molecule has 0 fully saturated rings. The van der Waals surface area contributed by atoms with Gasteiger partial charge in [-0.15, -0.1) is 6.58 Å². The fourth-order valence-electron chi connectivity index (χ4n) is 2.68. The van der Waals surface area contributed by atoms with Crippen molar-refractivity contribution in [3.63, 3.8) is 0 Å². The third kappa shape index (κ3) is 3.56. The summed E-state index contributed by atoms with van der Waals surface area (Å²) in [5.41, 5.74) is 2.58. The fraction of sp³-hybridized carbons (Fsp3) is 0.200. The van der Waals surface area contributed by atoms with E-state index in [0.29, 0.717) is 23.5 Å². The molecule has 0 spiro atoms. The van der Waals surface area contributed by atoms with Crippen molar-refractivity contribution in [2.75, 3.05) is 6.61 Å². The summed E-state index contributed by atoms with van der Waals surface area (Å²) in [6.45, 7) is 8.88. The van der Waals surface area contributed by atoms with Gasteiger partial charge >= 0.3 is 0 Å². The van der Waals surface area contributed by atoms with Gasteiger partial charge in [0.2, 0.25) is 0 Å². The minimum atomic E-state index is -0.244. The monoisotopic (exact) mass is 352 g/mol. The van der Waals surface area contributed by atoms with Gasteiger partial charge in [0.25, 0.3) is 5.91 Å². The van der Waals surface area contributed by atoms with E-state index in [1.54, 1.807) is 12.1 Å². The molecule has 1 amide bonds. The van der Waals surface area contributed by atoms with Crippen LogP contribution >= 0.6 is 11.3 Å². The van der Waals surface area contributed by atoms with Gasteiger partial charge in [0.15, 0.2) is 4.80 Å². The second-order valence-corrected chi connectivity index (χ2v) is 6.62. The second-order valence-electron chi connectivity index (χ2n) is 5.61. The smallest absolute Gasteiger partial charge is 0.279 e. The summed E-state index contributed by atoms with van der Waals surface area (Å²) in [4.78, 5) is 17.6. The number of rotatable bonds is 5. The molecule has 0 unspecified atom stereocenters. The minimum Gasteiger partial charge on any atom is -0.492 e. The molecule has 0 radical (unpaired) electrons. The van der Waals surface area contributed by atoms with E-state index < -0.39 is 0 Å². The predicted molar refractivity (Wildman–Crippen MR) is 102 cm³/mol. The number of ether oxygens (including phenoxy) is 1. The summed E-state index contributed by atoms with van der Waals surface area (Å²) >= 11 is 1.48. The zero-order valence-corrected chi connectivity index (χ0v) is 15.2. The van der Waals surface area contributed by atoms with Crippen molar-refractivity contribution in [2.45, 2.75) is 20.4 Å². The number of thiazole rings is 1. The topological polar surface area (TPSA) is 43.6 Å².